The molecule has 116 valence electrons. The Morgan fingerprint density at radius 3 is 2.00 bits per heavy atom. The lowest BCUT2D eigenvalue weighted by atomic mass is 10.2. The minimum Gasteiger partial charge on any atom is -0.281 e. The third-order valence-corrected chi connectivity index (χ3v) is 3.47. The highest BCUT2D eigenvalue weighted by atomic mass is 15.5. The van der Waals surface area contributed by atoms with E-state index in [4.69, 9.17) is 0 Å². The molecule has 3 aromatic rings. The minimum absolute atomic E-state index is 0.613. The molecule has 0 saturated carbocycles. The van der Waals surface area contributed by atoms with E-state index in [1.165, 1.54) is 5.56 Å². The van der Waals surface area contributed by atoms with Crippen LogP contribution in [0.2, 0.25) is 0 Å². The van der Waals surface area contributed by atoms with E-state index >= 15 is 0 Å². The van der Waals surface area contributed by atoms with Gasteiger partial charge >= 0.3 is 0 Å². The molecule has 0 aliphatic heterocycles. The van der Waals surface area contributed by atoms with Crippen molar-refractivity contribution >= 4 is 11.6 Å². The molecule has 2 aromatic carbocycles. The predicted molar refractivity (Wildman–Crippen MR) is 94.2 cm³/mol. The molecule has 4 heteroatoms. The van der Waals surface area contributed by atoms with Crippen molar-refractivity contribution in [1.82, 2.24) is 9.97 Å². The van der Waals surface area contributed by atoms with Gasteiger partial charge < -0.3 is 0 Å². The Morgan fingerprint density at radius 1 is 0.826 bits per heavy atom. The van der Waals surface area contributed by atoms with E-state index in [1.54, 1.807) is 0 Å². The molecule has 1 heterocycles. The quantitative estimate of drug-likeness (QED) is 0.720. The number of nitrogens with zero attached hydrogens (tertiary/aromatic N) is 3. The van der Waals surface area contributed by atoms with Crippen LogP contribution in [0.4, 0.5) is 11.6 Å². The normalized spacial score (nSPS) is 10.3. The number of hydrogen-bond donors (Lipinski definition) is 1. The molecule has 0 bridgehead atoms. The predicted octanol–water partition coefficient (Wildman–Crippen LogP) is 4.13. The summed E-state index contributed by atoms with van der Waals surface area (Å²) in [5, 5.41) is 2.06. The average Bonchev–Trinajstić information content (AvgIpc) is 2.55. The van der Waals surface area contributed by atoms with Crippen molar-refractivity contribution in [1.29, 1.82) is 0 Å². The van der Waals surface area contributed by atoms with Crippen molar-refractivity contribution < 1.29 is 0 Å². The van der Waals surface area contributed by atoms with Crippen LogP contribution in [0.25, 0.3) is 0 Å². The first-order chi connectivity index (χ1) is 11.2. The summed E-state index contributed by atoms with van der Waals surface area (Å²) in [6.07, 6.45) is 0. The third kappa shape index (κ3) is 4.07. The first kappa shape index (κ1) is 15.0. The number of anilines is 2. The van der Waals surface area contributed by atoms with Crippen molar-refractivity contribution in [3.8, 4) is 0 Å². The molecular weight excluding hydrogens is 284 g/mol. The highest BCUT2D eigenvalue weighted by Gasteiger charge is 2.09. The number of para-hydroxylation sites is 1. The van der Waals surface area contributed by atoms with E-state index in [0.29, 0.717) is 5.95 Å². The van der Waals surface area contributed by atoms with Crippen LogP contribution < -0.4 is 10.4 Å². The lowest BCUT2D eigenvalue weighted by Crippen LogP contribution is -2.30. The van der Waals surface area contributed by atoms with Crippen LogP contribution in [0.3, 0.4) is 0 Å². The molecule has 0 aliphatic carbocycles. The number of rotatable bonds is 5. The molecule has 0 spiro atoms. The number of hydrogen-bond acceptors (Lipinski definition) is 4. The Hall–Kier alpha value is -2.88. The maximum absolute atomic E-state index is 4.48. The van der Waals surface area contributed by atoms with E-state index in [-0.39, 0.29) is 0 Å². The maximum Gasteiger partial charge on any atom is 0.242 e. The molecule has 0 atom stereocenters. The molecule has 0 saturated heterocycles. The molecule has 23 heavy (non-hydrogen) atoms. The van der Waals surface area contributed by atoms with Crippen molar-refractivity contribution in [2.75, 3.05) is 10.4 Å². The lowest BCUT2D eigenvalue weighted by molar-refractivity contribution is 0.877. The van der Waals surface area contributed by atoms with Crippen molar-refractivity contribution in [3.63, 3.8) is 0 Å². The maximum atomic E-state index is 4.48. The molecule has 0 unspecified atom stereocenters. The van der Waals surface area contributed by atoms with Crippen LogP contribution in [0.5, 0.6) is 0 Å². The highest BCUT2D eigenvalue weighted by Crippen LogP contribution is 2.17. The first-order valence-electron chi connectivity index (χ1n) is 7.66. The van der Waals surface area contributed by atoms with Gasteiger partial charge in [0.25, 0.3) is 0 Å². The van der Waals surface area contributed by atoms with E-state index in [0.717, 1.165) is 23.6 Å². The van der Waals surface area contributed by atoms with Gasteiger partial charge in [-0.1, -0.05) is 48.5 Å². The van der Waals surface area contributed by atoms with E-state index in [9.17, 15) is 0 Å². The summed E-state index contributed by atoms with van der Waals surface area (Å²) < 4.78 is 0. The van der Waals surface area contributed by atoms with Gasteiger partial charge in [-0.25, -0.2) is 9.97 Å². The lowest BCUT2D eigenvalue weighted by Gasteiger charge is -2.25. The largest absolute Gasteiger partial charge is 0.281 e. The van der Waals surface area contributed by atoms with Gasteiger partial charge in [-0.15, -0.1) is 0 Å². The van der Waals surface area contributed by atoms with Crippen LogP contribution in [-0.2, 0) is 6.54 Å². The zero-order valence-electron chi connectivity index (χ0n) is 13.4. The number of hydrazine groups is 1. The van der Waals surface area contributed by atoms with Crippen molar-refractivity contribution in [2.24, 2.45) is 0 Å². The summed E-state index contributed by atoms with van der Waals surface area (Å²) in [7, 11) is 0. The first-order valence-corrected chi connectivity index (χ1v) is 7.66. The van der Waals surface area contributed by atoms with Gasteiger partial charge in [-0.3, -0.25) is 10.4 Å². The number of nitrogens with one attached hydrogen (secondary N) is 1. The topological polar surface area (TPSA) is 41.1 Å². The van der Waals surface area contributed by atoms with E-state index in [2.05, 4.69) is 44.7 Å². The van der Waals surface area contributed by atoms with Crippen LogP contribution >= 0.6 is 0 Å². The summed E-state index contributed by atoms with van der Waals surface area (Å²) in [4.78, 5) is 8.95. The Balaban J connectivity index is 1.88. The SMILES string of the molecule is Cc1cc(C)nc(NN(Cc2ccccc2)c2ccccc2)n1. The highest BCUT2D eigenvalue weighted by molar-refractivity contribution is 5.51. The second-order valence-electron chi connectivity index (χ2n) is 5.49. The van der Waals surface area contributed by atoms with Gasteiger partial charge in [-0.05, 0) is 37.6 Å². The van der Waals surface area contributed by atoms with Gasteiger partial charge in [-0.2, -0.15) is 0 Å². The van der Waals surface area contributed by atoms with Gasteiger partial charge in [0.05, 0.1) is 12.2 Å². The Kier molecular flexibility index (Phi) is 4.52. The second-order valence-corrected chi connectivity index (χ2v) is 5.49. The molecule has 4 nitrogen and oxygen atoms in total. The van der Waals surface area contributed by atoms with Crippen LogP contribution in [0, 0.1) is 13.8 Å². The molecular formula is C19H20N4. The van der Waals surface area contributed by atoms with Gasteiger partial charge in [0.1, 0.15) is 0 Å². The molecule has 0 amide bonds. The smallest absolute Gasteiger partial charge is 0.242 e. The van der Waals surface area contributed by atoms with Gasteiger partial charge in [0, 0.05) is 11.4 Å². The number of benzene rings is 2. The summed E-state index contributed by atoms with van der Waals surface area (Å²) in [6.45, 7) is 4.68. The molecule has 0 aliphatic rings. The van der Waals surface area contributed by atoms with Crippen LogP contribution in [0.1, 0.15) is 17.0 Å². The Morgan fingerprint density at radius 2 is 1.39 bits per heavy atom. The summed E-state index contributed by atoms with van der Waals surface area (Å²) >= 11 is 0. The van der Waals surface area contributed by atoms with Crippen molar-refractivity contribution in [2.45, 2.75) is 20.4 Å². The summed E-state index contributed by atoms with van der Waals surface area (Å²) in [5.74, 6) is 0.613. The zero-order chi connectivity index (χ0) is 16.1. The molecule has 0 fully saturated rings. The third-order valence-electron chi connectivity index (χ3n) is 3.47. The van der Waals surface area contributed by atoms with Crippen LogP contribution in [-0.4, -0.2) is 9.97 Å². The van der Waals surface area contributed by atoms with Gasteiger partial charge in [0.2, 0.25) is 5.95 Å². The van der Waals surface area contributed by atoms with E-state index < -0.39 is 0 Å². The fourth-order valence-corrected chi connectivity index (χ4v) is 2.47. The van der Waals surface area contributed by atoms with Crippen LogP contribution in [0.15, 0.2) is 66.7 Å². The summed E-state index contributed by atoms with van der Waals surface area (Å²) in [5.41, 5.74) is 7.52. The summed E-state index contributed by atoms with van der Waals surface area (Å²) in [6, 6.07) is 22.5. The number of aryl methyl sites for hydroxylation is 2. The fraction of sp³-hybridized carbons (Fsp3) is 0.158. The standard InChI is InChI=1S/C19H20N4/c1-15-13-16(2)21-19(20-15)22-23(18-11-7-4-8-12-18)14-17-9-5-3-6-10-17/h3-13H,14H2,1-2H3,(H,20,21,22). The Bertz CT molecular complexity index is 737. The molecule has 1 N–H and O–H groups in total. The monoisotopic (exact) mass is 304 g/mol. The van der Waals surface area contributed by atoms with E-state index in [1.807, 2.05) is 56.3 Å². The second kappa shape index (κ2) is 6.92. The molecule has 0 radical (unpaired) electrons. The molecule has 1 aromatic heterocycles. The molecule has 3 rings (SSSR count). The zero-order valence-corrected chi connectivity index (χ0v) is 13.4. The minimum atomic E-state index is 0.613. The number of aromatic nitrogens is 2. The fourth-order valence-electron chi connectivity index (χ4n) is 2.47. The average molecular weight is 304 g/mol. The van der Waals surface area contributed by atoms with Gasteiger partial charge in [0.15, 0.2) is 0 Å². The Labute approximate surface area is 136 Å². The van der Waals surface area contributed by atoms with Crippen molar-refractivity contribution in [3.05, 3.63) is 83.7 Å².